The largest absolute Gasteiger partial charge is 0.417 e. The molecule has 2 aromatic rings. The van der Waals surface area contributed by atoms with Gasteiger partial charge in [-0.2, -0.15) is 13.2 Å². The third-order valence-corrected chi connectivity index (χ3v) is 3.81. The molecule has 0 aromatic heterocycles. The van der Waals surface area contributed by atoms with E-state index in [9.17, 15) is 22.8 Å². The Balaban J connectivity index is 2.47. The SMILES string of the molecule is O=C(Cl)c1ccc(C(=O)/C=C(\c2cc(Cl)cc(Cl)c2)C(F)(F)F)cc1. The van der Waals surface area contributed by atoms with Gasteiger partial charge in [-0.1, -0.05) is 35.3 Å². The van der Waals surface area contributed by atoms with Crippen LogP contribution in [0.15, 0.2) is 48.5 Å². The second-order valence-corrected chi connectivity index (χ2v) is 6.15. The molecule has 0 N–H and O–H groups in total. The molecule has 0 aliphatic rings. The molecule has 0 radical (unpaired) electrons. The molecule has 0 atom stereocenters. The van der Waals surface area contributed by atoms with Crippen molar-refractivity contribution in [1.82, 2.24) is 0 Å². The zero-order valence-corrected chi connectivity index (χ0v) is 14.5. The summed E-state index contributed by atoms with van der Waals surface area (Å²) in [4.78, 5) is 23.1. The maximum absolute atomic E-state index is 13.3. The minimum absolute atomic E-state index is 0.00933. The van der Waals surface area contributed by atoms with Crippen LogP contribution in [0.1, 0.15) is 26.3 Å². The molecule has 0 heterocycles. The lowest BCUT2D eigenvalue weighted by molar-refractivity contribution is -0.0689. The van der Waals surface area contributed by atoms with E-state index in [1.165, 1.54) is 30.3 Å². The molecular formula is C17H8Cl3F3O2. The van der Waals surface area contributed by atoms with Gasteiger partial charge in [-0.05, 0) is 53.6 Å². The molecule has 130 valence electrons. The molecule has 0 aliphatic heterocycles. The highest BCUT2D eigenvalue weighted by atomic mass is 35.5. The lowest BCUT2D eigenvalue weighted by Gasteiger charge is -2.13. The molecule has 0 saturated carbocycles. The zero-order valence-electron chi connectivity index (χ0n) is 12.2. The number of benzene rings is 2. The van der Waals surface area contributed by atoms with Crippen LogP contribution in [0.4, 0.5) is 13.2 Å². The first kappa shape index (κ1) is 19.5. The van der Waals surface area contributed by atoms with E-state index in [4.69, 9.17) is 34.8 Å². The average molecular weight is 408 g/mol. The van der Waals surface area contributed by atoms with Gasteiger partial charge in [0.05, 0.1) is 5.57 Å². The van der Waals surface area contributed by atoms with Crippen LogP contribution in [0.2, 0.25) is 10.0 Å². The molecule has 0 saturated heterocycles. The summed E-state index contributed by atoms with van der Waals surface area (Å²) in [6.45, 7) is 0. The van der Waals surface area contributed by atoms with Crippen molar-refractivity contribution < 1.29 is 22.8 Å². The van der Waals surface area contributed by atoms with Crippen molar-refractivity contribution in [2.24, 2.45) is 0 Å². The monoisotopic (exact) mass is 406 g/mol. The summed E-state index contributed by atoms with van der Waals surface area (Å²) in [5.74, 6) is -0.892. The minimum atomic E-state index is -4.80. The molecule has 2 aromatic carbocycles. The van der Waals surface area contributed by atoms with E-state index in [0.717, 1.165) is 12.1 Å². The van der Waals surface area contributed by atoms with E-state index < -0.39 is 22.8 Å². The molecule has 0 amide bonds. The maximum Gasteiger partial charge on any atom is 0.417 e. The quantitative estimate of drug-likeness (QED) is 0.343. The number of allylic oxidation sites excluding steroid dienone is 2. The predicted octanol–water partition coefficient (Wildman–Crippen LogP) is 6.20. The first-order valence-electron chi connectivity index (χ1n) is 6.67. The van der Waals surface area contributed by atoms with E-state index in [-0.39, 0.29) is 26.7 Å². The predicted molar refractivity (Wildman–Crippen MR) is 91.5 cm³/mol. The van der Waals surface area contributed by atoms with Crippen molar-refractivity contribution in [3.63, 3.8) is 0 Å². The fourth-order valence-electron chi connectivity index (χ4n) is 2.02. The Bertz CT molecular complexity index is 836. The zero-order chi connectivity index (χ0) is 18.8. The highest BCUT2D eigenvalue weighted by Gasteiger charge is 2.35. The van der Waals surface area contributed by atoms with E-state index in [2.05, 4.69) is 0 Å². The van der Waals surface area contributed by atoms with Crippen LogP contribution >= 0.6 is 34.8 Å². The number of ketones is 1. The Hall–Kier alpha value is -1.82. The Kier molecular flexibility index (Phi) is 5.93. The number of alkyl halides is 3. The molecule has 2 rings (SSSR count). The van der Waals surface area contributed by atoms with Crippen LogP contribution in [0, 0.1) is 0 Å². The van der Waals surface area contributed by atoms with E-state index in [1.54, 1.807) is 0 Å². The summed E-state index contributed by atoms with van der Waals surface area (Å²) in [6, 6.07) is 8.34. The van der Waals surface area contributed by atoms with Crippen LogP contribution in [-0.4, -0.2) is 17.2 Å². The molecule has 0 fully saturated rings. The number of halogens is 6. The van der Waals surface area contributed by atoms with Crippen LogP contribution < -0.4 is 0 Å². The number of hydrogen-bond acceptors (Lipinski definition) is 2. The lowest BCUT2D eigenvalue weighted by Crippen LogP contribution is -2.13. The van der Waals surface area contributed by atoms with Gasteiger partial charge in [0, 0.05) is 21.2 Å². The summed E-state index contributed by atoms with van der Waals surface area (Å²) in [6.07, 6.45) is -4.34. The summed E-state index contributed by atoms with van der Waals surface area (Å²) in [7, 11) is 0. The Morgan fingerprint density at radius 1 is 0.840 bits per heavy atom. The van der Waals surface area contributed by atoms with E-state index in [1.807, 2.05) is 0 Å². The van der Waals surface area contributed by atoms with Gasteiger partial charge in [-0.15, -0.1) is 0 Å². The third kappa shape index (κ3) is 5.08. The van der Waals surface area contributed by atoms with Crippen molar-refractivity contribution in [2.45, 2.75) is 6.18 Å². The molecular weight excluding hydrogens is 400 g/mol. The topological polar surface area (TPSA) is 34.1 Å². The summed E-state index contributed by atoms with van der Waals surface area (Å²) < 4.78 is 40.0. The van der Waals surface area contributed by atoms with Gasteiger partial charge < -0.3 is 0 Å². The lowest BCUT2D eigenvalue weighted by atomic mass is 10.0. The molecule has 8 heteroatoms. The normalized spacial score (nSPS) is 12.2. The van der Waals surface area contributed by atoms with Gasteiger partial charge in [0.2, 0.25) is 0 Å². The second-order valence-electron chi connectivity index (χ2n) is 4.93. The van der Waals surface area contributed by atoms with Crippen molar-refractivity contribution >= 4 is 51.4 Å². The van der Waals surface area contributed by atoms with Gasteiger partial charge in [0.1, 0.15) is 0 Å². The molecule has 2 nitrogen and oxygen atoms in total. The van der Waals surface area contributed by atoms with Crippen LogP contribution in [0.3, 0.4) is 0 Å². The number of carbonyl (C=O) groups is 2. The van der Waals surface area contributed by atoms with Crippen LogP contribution in [-0.2, 0) is 0 Å². The average Bonchev–Trinajstić information content (AvgIpc) is 2.50. The fraction of sp³-hybridized carbons (Fsp3) is 0.0588. The minimum Gasteiger partial charge on any atom is -0.289 e. The third-order valence-electron chi connectivity index (χ3n) is 3.15. The molecule has 0 bridgehead atoms. The summed E-state index contributed by atoms with van der Waals surface area (Å²) in [5.41, 5.74) is -1.42. The Labute approximate surface area is 155 Å². The number of hydrogen-bond donors (Lipinski definition) is 0. The molecule has 0 unspecified atom stereocenters. The smallest absolute Gasteiger partial charge is 0.289 e. The second kappa shape index (κ2) is 7.60. The highest BCUT2D eigenvalue weighted by Crippen LogP contribution is 2.36. The van der Waals surface area contributed by atoms with Crippen LogP contribution in [0.5, 0.6) is 0 Å². The standard InChI is InChI=1S/C17H8Cl3F3O2/c18-12-5-11(6-13(19)7-12)14(17(21,22)23)8-15(24)9-1-3-10(4-2-9)16(20)25/h1-8H/b14-8+. The molecule has 25 heavy (non-hydrogen) atoms. The van der Waals surface area contributed by atoms with E-state index in [0.29, 0.717) is 6.08 Å². The van der Waals surface area contributed by atoms with Gasteiger partial charge >= 0.3 is 6.18 Å². The highest BCUT2D eigenvalue weighted by molar-refractivity contribution is 6.67. The summed E-state index contributed by atoms with van der Waals surface area (Å²) >= 11 is 16.8. The first-order valence-corrected chi connectivity index (χ1v) is 7.81. The van der Waals surface area contributed by atoms with Crippen molar-refractivity contribution in [2.75, 3.05) is 0 Å². The van der Waals surface area contributed by atoms with Gasteiger partial charge in [-0.3, -0.25) is 9.59 Å². The van der Waals surface area contributed by atoms with Gasteiger partial charge in [0.25, 0.3) is 5.24 Å². The Morgan fingerprint density at radius 2 is 1.32 bits per heavy atom. The van der Waals surface area contributed by atoms with Crippen molar-refractivity contribution in [3.05, 3.63) is 75.3 Å². The number of rotatable bonds is 4. The first-order chi connectivity index (χ1) is 11.6. The Morgan fingerprint density at radius 3 is 1.76 bits per heavy atom. The summed E-state index contributed by atoms with van der Waals surface area (Å²) in [5, 5.41) is -0.718. The van der Waals surface area contributed by atoms with Crippen LogP contribution in [0.25, 0.3) is 5.57 Å². The van der Waals surface area contributed by atoms with Crippen molar-refractivity contribution in [3.8, 4) is 0 Å². The molecule has 0 aliphatic carbocycles. The van der Waals surface area contributed by atoms with Gasteiger partial charge in [0.15, 0.2) is 5.78 Å². The van der Waals surface area contributed by atoms with Gasteiger partial charge in [-0.25, -0.2) is 0 Å². The fourth-order valence-corrected chi connectivity index (χ4v) is 2.67. The van der Waals surface area contributed by atoms with E-state index >= 15 is 0 Å². The number of carbonyl (C=O) groups excluding carboxylic acids is 2. The molecule has 0 spiro atoms. The van der Waals surface area contributed by atoms with Crippen molar-refractivity contribution in [1.29, 1.82) is 0 Å². The maximum atomic E-state index is 13.3.